The van der Waals surface area contributed by atoms with E-state index in [1.54, 1.807) is 13.1 Å². The van der Waals surface area contributed by atoms with E-state index in [0.717, 1.165) is 29.0 Å². The molecule has 188 valence electrons. The van der Waals surface area contributed by atoms with Crippen LogP contribution in [0.4, 0.5) is 0 Å². The molecule has 0 fully saturated rings. The molecule has 0 saturated carbocycles. The summed E-state index contributed by atoms with van der Waals surface area (Å²) in [5.41, 5.74) is 9.42. The van der Waals surface area contributed by atoms with Crippen LogP contribution in [0.5, 0.6) is 5.75 Å². The summed E-state index contributed by atoms with van der Waals surface area (Å²) < 4.78 is 6.24. The van der Waals surface area contributed by atoms with Gasteiger partial charge in [-0.3, -0.25) is 9.78 Å². The first-order chi connectivity index (χ1) is 15.9. The van der Waals surface area contributed by atoms with Gasteiger partial charge in [0.25, 0.3) is 0 Å². The zero-order chi connectivity index (χ0) is 25.5. The maximum atomic E-state index is 11.1. The van der Waals surface area contributed by atoms with Crippen molar-refractivity contribution in [2.24, 2.45) is 23.5 Å². The van der Waals surface area contributed by atoms with E-state index in [2.05, 4.69) is 57.8 Å². The Morgan fingerprint density at radius 1 is 1.12 bits per heavy atom. The topological polar surface area (TPSA) is 106 Å². The standard InChI is InChI=1S/C28H42N2O4/c1-18(2)21(16-24(29)25(31)13-19(3)27(32)33)14-20-10-11-23(28(4,5)6)26(15-20)34-17-22-9-7-8-12-30-22/h7-12,15,18-19,21,24-25,31H,13-14,16-17,29H2,1-6H3,(H,32,33)/t19?,21-,24-,25-/m0/s1. The zero-order valence-corrected chi connectivity index (χ0v) is 21.5. The van der Waals surface area contributed by atoms with Gasteiger partial charge in [-0.15, -0.1) is 0 Å². The van der Waals surface area contributed by atoms with Crippen molar-refractivity contribution in [3.63, 3.8) is 0 Å². The summed E-state index contributed by atoms with van der Waals surface area (Å²) in [6, 6.07) is 11.7. The fourth-order valence-electron chi connectivity index (χ4n) is 4.11. The van der Waals surface area contributed by atoms with Crippen molar-refractivity contribution in [3.8, 4) is 5.75 Å². The van der Waals surface area contributed by atoms with E-state index in [4.69, 9.17) is 15.6 Å². The molecule has 2 aromatic rings. The number of carboxylic acids is 1. The van der Waals surface area contributed by atoms with Gasteiger partial charge < -0.3 is 20.7 Å². The molecular formula is C28H42N2O4. The first kappa shape index (κ1) is 27.8. The van der Waals surface area contributed by atoms with Gasteiger partial charge in [0, 0.05) is 12.2 Å². The molecule has 0 aliphatic rings. The van der Waals surface area contributed by atoms with Crippen LogP contribution in [0.3, 0.4) is 0 Å². The van der Waals surface area contributed by atoms with Crippen LogP contribution >= 0.6 is 0 Å². The number of hydrogen-bond acceptors (Lipinski definition) is 5. The van der Waals surface area contributed by atoms with E-state index < -0.39 is 24.0 Å². The molecule has 0 radical (unpaired) electrons. The molecule has 1 heterocycles. The Bertz CT molecular complexity index is 908. The van der Waals surface area contributed by atoms with Crippen molar-refractivity contribution in [1.29, 1.82) is 0 Å². The number of ether oxygens (including phenoxy) is 1. The normalized spacial score (nSPS) is 15.6. The predicted octanol–water partition coefficient (Wildman–Crippen LogP) is 4.96. The second-order valence-electron chi connectivity index (χ2n) is 10.8. The third-order valence-electron chi connectivity index (χ3n) is 6.48. The molecule has 0 aliphatic heterocycles. The minimum Gasteiger partial charge on any atom is -0.487 e. The van der Waals surface area contributed by atoms with Gasteiger partial charge in [-0.1, -0.05) is 59.7 Å². The minimum absolute atomic E-state index is 0.0667. The van der Waals surface area contributed by atoms with Crippen LogP contribution in [0, 0.1) is 17.8 Å². The minimum atomic E-state index is -0.913. The van der Waals surface area contributed by atoms with E-state index in [-0.39, 0.29) is 17.8 Å². The average Bonchev–Trinajstić information content (AvgIpc) is 2.76. The summed E-state index contributed by atoms with van der Waals surface area (Å²) in [5.74, 6) is -0.0758. The Labute approximate surface area is 204 Å². The van der Waals surface area contributed by atoms with Crippen LogP contribution in [-0.4, -0.2) is 33.3 Å². The Morgan fingerprint density at radius 2 is 1.82 bits per heavy atom. The van der Waals surface area contributed by atoms with Crippen LogP contribution < -0.4 is 10.5 Å². The number of aromatic nitrogens is 1. The molecule has 0 amide bonds. The SMILES string of the molecule is CC(C[C@H](O)[C@@H](N)C[C@H](Cc1ccc(C(C)(C)C)c(OCc2ccccn2)c1)C(C)C)C(=O)O. The Morgan fingerprint density at radius 3 is 2.38 bits per heavy atom. The quantitative estimate of drug-likeness (QED) is 0.405. The van der Waals surface area contributed by atoms with Crippen molar-refractivity contribution in [3.05, 3.63) is 59.4 Å². The Balaban J connectivity index is 2.17. The van der Waals surface area contributed by atoms with Gasteiger partial charge in [0.2, 0.25) is 0 Å². The van der Waals surface area contributed by atoms with Gasteiger partial charge in [0.05, 0.1) is 17.7 Å². The van der Waals surface area contributed by atoms with Crippen molar-refractivity contribution in [1.82, 2.24) is 4.98 Å². The lowest BCUT2D eigenvalue weighted by Crippen LogP contribution is -2.39. The smallest absolute Gasteiger partial charge is 0.306 e. The number of benzene rings is 1. The van der Waals surface area contributed by atoms with E-state index >= 15 is 0 Å². The number of carboxylic acid groups (broad SMARTS) is 1. The first-order valence-electron chi connectivity index (χ1n) is 12.2. The number of hydrogen-bond donors (Lipinski definition) is 3. The fourth-order valence-corrected chi connectivity index (χ4v) is 4.11. The van der Waals surface area contributed by atoms with Crippen LogP contribution in [0.1, 0.15) is 71.2 Å². The maximum Gasteiger partial charge on any atom is 0.306 e. The molecule has 4 N–H and O–H groups in total. The summed E-state index contributed by atoms with van der Waals surface area (Å²) >= 11 is 0. The van der Waals surface area contributed by atoms with Crippen LogP contribution in [0.15, 0.2) is 42.6 Å². The third-order valence-corrected chi connectivity index (χ3v) is 6.48. The van der Waals surface area contributed by atoms with E-state index in [0.29, 0.717) is 18.9 Å². The second kappa shape index (κ2) is 12.3. The number of aliphatic hydroxyl groups excluding tert-OH is 1. The van der Waals surface area contributed by atoms with Gasteiger partial charge in [-0.05, 0) is 65.8 Å². The molecule has 6 heteroatoms. The van der Waals surface area contributed by atoms with Gasteiger partial charge in [0.15, 0.2) is 0 Å². The molecule has 4 atom stereocenters. The summed E-state index contributed by atoms with van der Waals surface area (Å²) in [4.78, 5) is 15.5. The molecule has 2 rings (SSSR count). The first-order valence-corrected chi connectivity index (χ1v) is 12.2. The maximum absolute atomic E-state index is 11.1. The highest BCUT2D eigenvalue weighted by atomic mass is 16.5. The van der Waals surface area contributed by atoms with Crippen molar-refractivity contribution in [2.45, 2.75) is 85.0 Å². The van der Waals surface area contributed by atoms with Crippen molar-refractivity contribution < 1.29 is 19.7 Å². The fraction of sp³-hybridized carbons (Fsp3) is 0.571. The number of pyridine rings is 1. The highest BCUT2D eigenvalue weighted by Gasteiger charge is 2.26. The van der Waals surface area contributed by atoms with E-state index in [1.807, 2.05) is 18.2 Å². The molecular weight excluding hydrogens is 428 g/mol. The molecule has 0 aliphatic carbocycles. The van der Waals surface area contributed by atoms with Gasteiger partial charge in [-0.2, -0.15) is 0 Å². The third kappa shape index (κ3) is 8.41. The van der Waals surface area contributed by atoms with Gasteiger partial charge in [0.1, 0.15) is 12.4 Å². The molecule has 0 spiro atoms. The Hall–Kier alpha value is -2.44. The lowest BCUT2D eigenvalue weighted by atomic mass is 9.81. The number of nitrogens with two attached hydrogens (primary N) is 1. The van der Waals surface area contributed by atoms with Crippen LogP contribution in [-0.2, 0) is 23.2 Å². The molecule has 6 nitrogen and oxygen atoms in total. The van der Waals surface area contributed by atoms with Crippen molar-refractivity contribution in [2.75, 3.05) is 0 Å². The highest BCUT2D eigenvalue weighted by molar-refractivity contribution is 5.69. The van der Waals surface area contributed by atoms with Gasteiger partial charge in [-0.25, -0.2) is 0 Å². The molecule has 0 saturated heterocycles. The monoisotopic (exact) mass is 470 g/mol. The summed E-state index contributed by atoms with van der Waals surface area (Å²) in [6.07, 6.45) is 2.51. The highest BCUT2D eigenvalue weighted by Crippen LogP contribution is 2.34. The van der Waals surface area contributed by atoms with E-state index in [1.165, 1.54) is 0 Å². The molecule has 34 heavy (non-hydrogen) atoms. The number of aliphatic hydroxyl groups is 1. The number of nitrogens with zero attached hydrogens (tertiary/aromatic N) is 1. The molecule has 1 aromatic carbocycles. The van der Waals surface area contributed by atoms with E-state index in [9.17, 15) is 9.90 Å². The summed E-state index contributed by atoms with van der Waals surface area (Å²) in [5, 5.41) is 19.6. The zero-order valence-electron chi connectivity index (χ0n) is 21.5. The second-order valence-corrected chi connectivity index (χ2v) is 10.8. The predicted molar refractivity (Wildman–Crippen MR) is 136 cm³/mol. The van der Waals surface area contributed by atoms with Gasteiger partial charge >= 0.3 is 5.97 Å². The summed E-state index contributed by atoms with van der Waals surface area (Å²) in [7, 11) is 0. The average molecular weight is 471 g/mol. The number of rotatable bonds is 12. The van der Waals surface area contributed by atoms with Crippen LogP contribution in [0.25, 0.3) is 0 Å². The molecule has 0 bridgehead atoms. The lowest BCUT2D eigenvalue weighted by Gasteiger charge is -2.28. The molecule has 1 unspecified atom stereocenters. The van der Waals surface area contributed by atoms with Crippen LogP contribution in [0.2, 0.25) is 0 Å². The number of aliphatic carboxylic acids is 1. The number of carbonyl (C=O) groups is 1. The van der Waals surface area contributed by atoms with Crippen molar-refractivity contribution >= 4 is 5.97 Å². The molecule has 1 aromatic heterocycles. The largest absolute Gasteiger partial charge is 0.487 e. The lowest BCUT2D eigenvalue weighted by molar-refractivity contribution is -0.142. The summed E-state index contributed by atoms with van der Waals surface area (Å²) in [6.45, 7) is 12.8. The Kier molecular flexibility index (Phi) is 10.1.